The number of carbonyl (C=O) groups is 2. The molecule has 1 unspecified atom stereocenters. The van der Waals surface area contributed by atoms with E-state index in [2.05, 4.69) is 4.90 Å². The minimum absolute atomic E-state index is 0.000936. The van der Waals surface area contributed by atoms with Crippen LogP contribution in [-0.2, 0) is 32.6 Å². The van der Waals surface area contributed by atoms with Gasteiger partial charge in [0.1, 0.15) is 5.60 Å². The van der Waals surface area contributed by atoms with Gasteiger partial charge < -0.3 is 14.6 Å². The number of phenols is 1. The lowest BCUT2D eigenvalue weighted by Gasteiger charge is -2.63. The monoisotopic (exact) mass is 473 g/mol. The first-order valence-corrected chi connectivity index (χ1v) is 13.0. The Bertz CT molecular complexity index is 1230. The number of rotatable bonds is 5. The lowest BCUT2D eigenvalue weighted by molar-refractivity contribution is -0.215. The van der Waals surface area contributed by atoms with Gasteiger partial charge in [-0.3, -0.25) is 14.5 Å². The predicted octanol–water partition coefficient (Wildman–Crippen LogP) is 3.63. The van der Waals surface area contributed by atoms with Crippen molar-refractivity contribution in [3.63, 3.8) is 0 Å². The summed E-state index contributed by atoms with van der Waals surface area (Å²) in [5.41, 5.74) is 2.53. The number of aryl methyl sites for hydroxylation is 1. The van der Waals surface area contributed by atoms with Gasteiger partial charge in [-0.25, -0.2) is 0 Å². The molecule has 2 aromatic rings. The van der Waals surface area contributed by atoms with Gasteiger partial charge in [-0.2, -0.15) is 0 Å². The van der Waals surface area contributed by atoms with Crippen molar-refractivity contribution in [1.82, 2.24) is 4.90 Å². The highest BCUT2D eigenvalue weighted by atomic mass is 16.6. The topological polar surface area (TPSA) is 76.1 Å². The molecule has 4 atom stereocenters. The fraction of sp³-hybridized carbons (Fsp3) is 0.517. The second kappa shape index (κ2) is 7.33. The summed E-state index contributed by atoms with van der Waals surface area (Å²) in [7, 11) is 0. The Labute approximate surface area is 205 Å². The third-order valence-electron chi connectivity index (χ3n) is 9.28. The molecule has 0 radical (unpaired) electrons. The van der Waals surface area contributed by atoms with Gasteiger partial charge in [0.25, 0.3) is 0 Å². The van der Waals surface area contributed by atoms with Gasteiger partial charge in [-0.15, -0.1) is 0 Å². The molecule has 182 valence electrons. The number of hydrogen-bond donors (Lipinski definition) is 1. The van der Waals surface area contributed by atoms with Gasteiger partial charge in [0.05, 0.1) is 17.9 Å². The molecule has 3 fully saturated rings. The van der Waals surface area contributed by atoms with Gasteiger partial charge in [0, 0.05) is 18.5 Å². The molecule has 2 saturated carbocycles. The standard InChI is InChI=1S/C29H31NO5/c1-17-2-4-18(5-3-17)14-24(33)35-29-11-10-22(32)27-28(29)12-13-30(16-19-6-7-19)23(29)15-20-8-9-21(31)26(34-27)25(20)28/h2-5,8-9,19,23,27,31H,6-7,10-16H2,1H3/t23?,27-,28-,29+/m0/s1. The second-order valence-electron chi connectivity index (χ2n) is 11.3. The summed E-state index contributed by atoms with van der Waals surface area (Å²) in [6.45, 7) is 3.89. The molecule has 6 heteroatoms. The number of nitrogens with zero attached hydrogens (tertiary/aromatic N) is 1. The van der Waals surface area contributed by atoms with E-state index in [-0.39, 0.29) is 30.0 Å². The smallest absolute Gasteiger partial charge is 0.310 e. The van der Waals surface area contributed by atoms with Crippen LogP contribution in [0.25, 0.3) is 0 Å². The number of piperidine rings is 1. The molecule has 0 aromatic heterocycles. The van der Waals surface area contributed by atoms with Gasteiger partial charge in [-0.1, -0.05) is 35.9 Å². The van der Waals surface area contributed by atoms with E-state index in [1.54, 1.807) is 6.07 Å². The van der Waals surface area contributed by atoms with E-state index < -0.39 is 17.1 Å². The summed E-state index contributed by atoms with van der Waals surface area (Å²) in [6.07, 6.45) is 4.25. The molecule has 2 heterocycles. The number of aromatic hydroxyl groups is 1. The van der Waals surface area contributed by atoms with Crippen LogP contribution in [0.2, 0.25) is 0 Å². The molecular weight excluding hydrogens is 442 g/mol. The highest BCUT2D eigenvalue weighted by Gasteiger charge is 2.75. The van der Waals surface area contributed by atoms with Crippen LogP contribution in [0.1, 0.15) is 54.4 Å². The maximum absolute atomic E-state index is 13.6. The molecule has 7 rings (SSSR count). The first-order chi connectivity index (χ1) is 16.9. The van der Waals surface area contributed by atoms with E-state index in [0.717, 1.165) is 41.8 Å². The van der Waals surface area contributed by atoms with Gasteiger partial charge in [0.2, 0.25) is 0 Å². The Morgan fingerprint density at radius 1 is 1.17 bits per heavy atom. The highest BCUT2D eigenvalue weighted by molar-refractivity contribution is 5.90. The number of phenolic OH excluding ortho intramolecular Hbond substituents is 1. The van der Waals surface area contributed by atoms with Crippen molar-refractivity contribution in [2.24, 2.45) is 5.92 Å². The highest BCUT2D eigenvalue weighted by Crippen LogP contribution is 2.66. The number of ether oxygens (including phenoxy) is 2. The van der Waals surface area contributed by atoms with Crippen LogP contribution >= 0.6 is 0 Å². The Morgan fingerprint density at radius 3 is 2.74 bits per heavy atom. The Hall–Kier alpha value is -2.86. The molecule has 1 N–H and O–H groups in total. The van der Waals surface area contributed by atoms with Crippen molar-refractivity contribution in [3.05, 3.63) is 58.7 Å². The first kappa shape index (κ1) is 21.4. The van der Waals surface area contributed by atoms with Crippen molar-refractivity contribution in [2.75, 3.05) is 13.1 Å². The van der Waals surface area contributed by atoms with E-state index in [1.807, 2.05) is 37.3 Å². The van der Waals surface area contributed by atoms with E-state index in [4.69, 9.17) is 9.47 Å². The van der Waals surface area contributed by atoms with Crippen LogP contribution in [-0.4, -0.2) is 52.6 Å². The lowest BCUT2D eigenvalue weighted by Crippen LogP contribution is -2.77. The minimum atomic E-state index is -0.841. The quantitative estimate of drug-likeness (QED) is 0.669. The zero-order valence-electron chi connectivity index (χ0n) is 20.1. The van der Waals surface area contributed by atoms with Crippen LogP contribution in [0.4, 0.5) is 0 Å². The molecule has 3 aliphatic carbocycles. The second-order valence-corrected chi connectivity index (χ2v) is 11.3. The van der Waals surface area contributed by atoms with Crippen LogP contribution < -0.4 is 4.74 Å². The third-order valence-corrected chi connectivity index (χ3v) is 9.28. The third kappa shape index (κ3) is 2.92. The van der Waals surface area contributed by atoms with Crippen molar-refractivity contribution in [1.29, 1.82) is 0 Å². The van der Waals surface area contributed by atoms with Crippen molar-refractivity contribution in [2.45, 2.75) is 75.0 Å². The van der Waals surface area contributed by atoms with E-state index >= 15 is 0 Å². The molecule has 1 spiro atoms. The van der Waals surface area contributed by atoms with Gasteiger partial charge in [-0.05, 0) is 68.7 Å². The van der Waals surface area contributed by atoms with Crippen molar-refractivity contribution < 1.29 is 24.2 Å². The number of likely N-dealkylation sites (tertiary alicyclic amines) is 1. The Balaban J connectivity index is 1.35. The number of hydrogen-bond acceptors (Lipinski definition) is 6. The summed E-state index contributed by atoms with van der Waals surface area (Å²) in [6, 6.07) is 11.6. The van der Waals surface area contributed by atoms with Crippen LogP contribution in [0.3, 0.4) is 0 Å². The fourth-order valence-corrected chi connectivity index (χ4v) is 7.55. The van der Waals surface area contributed by atoms with Crippen molar-refractivity contribution >= 4 is 11.8 Å². The van der Waals surface area contributed by atoms with Crippen LogP contribution in [0.5, 0.6) is 11.5 Å². The van der Waals surface area contributed by atoms with Crippen LogP contribution in [0, 0.1) is 12.8 Å². The zero-order valence-corrected chi connectivity index (χ0v) is 20.1. The normalized spacial score (nSPS) is 32.7. The maximum Gasteiger partial charge on any atom is 0.310 e. The summed E-state index contributed by atoms with van der Waals surface area (Å²) in [5.74, 6) is 1.00. The zero-order chi connectivity index (χ0) is 23.9. The molecule has 2 bridgehead atoms. The molecular formula is C29H31NO5. The fourth-order valence-electron chi connectivity index (χ4n) is 7.55. The molecule has 2 aliphatic heterocycles. The number of Topliss-reactive ketones (excluding diaryl/α,β-unsaturated/α-hetero) is 1. The molecule has 2 aromatic carbocycles. The molecule has 6 nitrogen and oxygen atoms in total. The van der Waals surface area contributed by atoms with E-state index in [0.29, 0.717) is 30.9 Å². The van der Waals surface area contributed by atoms with E-state index in [9.17, 15) is 14.7 Å². The summed E-state index contributed by atoms with van der Waals surface area (Å²) < 4.78 is 12.9. The maximum atomic E-state index is 13.6. The molecule has 1 saturated heterocycles. The lowest BCUT2D eigenvalue weighted by atomic mass is 9.48. The SMILES string of the molecule is Cc1ccc(CC(=O)O[C@@]23CCC(=O)[C@@H]4Oc5c(O)ccc6c5[C@@]42CCN(CC2CC2)C3C6)cc1. The van der Waals surface area contributed by atoms with Gasteiger partial charge in [0.15, 0.2) is 23.4 Å². The Morgan fingerprint density at radius 2 is 1.97 bits per heavy atom. The Kier molecular flexibility index (Phi) is 4.48. The first-order valence-electron chi connectivity index (χ1n) is 13.0. The molecule has 0 amide bonds. The van der Waals surface area contributed by atoms with Crippen molar-refractivity contribution in [3.8, 4) is 11.5 Å². The van der Waals surface area contributed by atoms with Crippen LogP contribution in [0.15, 0.2) is 36.4 Å². The number of carbonyl (C=O) groups excluding carboxylic acids is 2. The largest absolute Gasteiger partial charge is 0.504 e. The average Bonchev–Trinajstić information content (AvgIpc) is 3.58. The summed E-state index contributed by atoms with van der Waals surface area (Å²) in [5, 5.41) is 10.7. The van der Waals surface area contributed by atoms with Gasteiger partial charge >= 0.3 is 5.97 Å². The number of esters is 1. The molecule has 5 aliphatic rings. The summed E-state index contributed by atoms with van der Waals surface area (Å²) in [4.78, 5) is 29.4. The van der Waals surface area contributed by atoms with E-state index in [1.165, 1.54) is 12.8 Å². The number of ketones is 1. The minimum Gasteiger partial charge on any atom is -0.504 e. The predicted molar refractivity (Wildman–Crippen MR) is 129 cm³/mol. The summed E-state index contributed by atoms with van der Waals surface area (Å²) >= 11 is 0. The number of benzene rings is 2. The molecule has 35 heavy (non-hydrogen) atoms. The average molecular weight is 474 g/mol.